The zero-order valence-electron chi connectivity index (χ0n) is 13.9. The number of halogens is 3. The zero-order chi connectivity index (χ0) is 17.9. The van der Waals surface area contributed by atoms with Crippen LogP contribution in [0.15, 0.2) is 38.1 Å². The molecular weight excluding hydrogens is 457 g/mol. The molecule has 0 radical (unpaired) electrons. The van der Waals surface area contributed by atoms with Crippen LogP contribution in [0.5, 0.6) is 0 Å². The lowest BCUT2D eigenvalue weighted by atomic mass is 10.1. The van der Waals surface area contributed by atoms with Crippen LogP contribution in [0.1, 0.15) is 39.7 Å². The Morgan fingerprint density at radius 1 is 1.25 bits per heavy atom. The highest BCUT2D eigenvalue weighted by atomic mass is 79.9. The van der Waals surface area contributed by atoms with Crippen LogP contribution < -0.4 is 10.5 Å². The summed E-state index contributed by atoms with van der Waals surface area (Å²) in [6.07, 6.45) is 3.37. The summed E-state index contributed by atoms with van der Waals surface area (Å²) in [6, 6.07) is 5.94. The molecule has 2 rings (SSSR count). The summed E-state index contributed by atoms with van der Waals surface area (Å²) in [5.74, 6) is 0.347. The molecule has 0 saturated heterocycles. The van der Waals surface area contributed by atoms with Crippen molar-refractivity contribution in [2.45, 2.75) is 39.7 Å². The lowest BCUT2D eigenvalue weighted by Crippen LogP contribution is -2.32. The third-order valence-electron chi connectivity index (χ3n) is 3.99. The molecule has 1 aromatic carbocycles. The van der Waals surface area contributed by atoms with Gasteiger partial charge in [-0.2, -0.15) is 0 Å². The fourth-order valence-corrected chi connectivity index (χ4v) is 4.18. The second-order valence-electron chi connectivity index (χ2n) is 5.41. The molecule has 0 bridgehead atoms. The maximum absolute atomic E-state index is 13.0. The van der Waals surface area contributed by atoms with Crippen LogP contribution in [0, 0.1) is 0 Å². The van der Waals surface area contributed by atoms with Gasteiger partial charge in [-0.05, 0) is 53.9 Å². The minimum atomic E-state index is -0.121. The number of benzene rings is 1. The third kappa shape index (κ3) is 4.03. The fourth-order valence-electron chi connectivity index (χ4n) is 2.73. The summed E-state index contributed by atoms with van der Waals surface area (Å²) in [6.45, 7) is 6.72. The lowest BCUT2D eigenvalue weighted by molar-refractivity contribution is 0.456. The van der Waals surface area contributed by atoms with Crippen LogP contribution in [-0.4, -0.2) is 16.1 Å². The molecule has 0 atom stereocenters. The minimum absolute atomic E-state index is 0.115. The van der Waals surface area contributed by atoms with Crippen molar-refractivity contribution in [2.24, 2.45) is 0 Å². The molecule has 0 aliphatic carbocycles. The van der Waals surface area contributed by atoms with Crippen molar-refractivity contribution in [3.8, 4) is 0 Å². The van der Waals surface area contributed by atoms with Crippen LogP contribution in [0.25, 0.3) is 0 Å². The van der Waals surface area contributed by atoms with E-state index in [1.807, 2.05) is 30.0 Å². The van der Waals surface area contributed by atoms with Gasteiger partial charge >= 0.3 is 0 Å². The Labute approximate surface area is 164 Å². The molecule has 0 fully saturated rings. The standard InChI is InChI=1S/C17H20Br2ClN3O/c1-4-12(5-2)23-10-15(20)21-16(17(23)24)22(6-3)14-8-7-11(18)9-13(14)19/h7-10,12H,4-6H2,1-3H3. The first kappa shape index (κ1) is 19.5. The van der Waals surface area contributed by atoms with E-state index in [0.29, 0.717) is 17.5 Å². The number of nitrogens with zero attached hydrogens (tertiary/aromatic N) is 3. The molecule has 7 heteroatoms. The van der Waals surface area contributed by atoms with Crippen molar-refractivity contribution in [1.82, 2.24) is 9.55 Å². The van der Waals surface area contributed by atoms with E-state index in [0.717, 1.165) is 27.5 Å². The van der Waals surface area contributed by atoms with Gasteiger partial charge < -0.3 is 9.47 Å². The molecule has 0 unspecified atom stereocenters. The van der Waals surface area contributed by atoms with Crippen molar-refractivity contribution in [3.05, 3.63) is 48.8 Å². The number of hydrogen-bond acceptors (Lipinski definition) is 3. The molecule has 0 N–H and O–H groups in total. The predicted octanol–water partition coefficient (Wildman–Crippen LogP) is 5.94. The van der Waals surface area contributed by atoms with E-state index in [1.54, 1.807) is 10.8 Å². The van der Waals surface area contributed by atoms with E-state index in [2.05, 4.69) is 50.7 Å². The number of aromatic nitrogens is 2. The van der Waals surface area contributed by atoms with E-state index < -0.39 is 0 Å². The van der Waals surface area contributed by atoms with Crippen molar-refractivity contribution >= 4 is 55.0 Å². The molecule has 0 spiro atoms. The van der Waals surface area contributed by atoms with Crippen molar-refractivity contribution in [1.29, 1.82) is 0 Å². The first-order chi connectivity index (χ1) is 11.4. The topological polar surface area (TPSA) is 38.1 Å². The number of rotatable bonds is 6. The quantitative estimate of drug-likeness (QED) is 0.517. The largest absolute Gasteiger partial charge is 0.321 e. The van der Waals surface area contributed by atoms with E-state index in [9.17, 15) is 4.79 Å². The molecular formula is C17H20Br2ClN3O. The zero-order valence-corrected chi connectivity index (χ0v) is 17.8. The van der Waals surface area contributed by atoms with Crippen molar-refractivity contribution in [2.75, 3.05) is 11.4 Å². The summed E-state index contributed by atoms with van der Waals surface area (Å²) >= 11 is 13.2. The van der Waals surface area contributed by atoms with E-state index in [4.69, 9.17) is 11.6 Å². The average Bonchev–Trinajstić information content (AvgIpc) is 2.54. The Morgan fingerprint density at radius 3 is 2.46 bits per heavy atom. The molecule has 2 aromatic rings. The average molecular weight is 478 g/mol. The molecule has 1 heterocycles. The van der Waals surface area contributed by atoms with Crippen molar-refractivity contribution < 1.29 is 0 Å². The first-order valence-electron chi connectivity index (χ1n) is 7.94. The highest BCUT2D eigenvalue weighted by Gasteiger charge is 2.20. The molecule has 0 aliphatic rings. The Kier molecular flexibility index (Phi) is 6.89. The van der Waals surface area contributed by atoms with Gasteiger partial charge in [0.25, 0.3) is 5.56 Å². The van der Waals surface area contributed by atoms with Crippen LogP contribution in [0.3, 0.4) is 0 Å². The van der Waals surface area contributed by atoms with Crippen LogP contribution in [-0.2, 0) is 0 Å². The van der Waals surface area contributed by atoms with Crippen LogP contribution in [0.4, 0.5) is 11.5 Å². The second-order valence-corrected chi connectivity index (χ2v) is 7.57. The van der Waals surface area contributed by atoms with E-state index in [-0.39, 0.29) is 11.6 Å². The summed E-state index contributed by atoms with van der Waals surface area (Å²) < 4.78 is 3.55. The Hall–Kier alpha value is -0.850. The first-order valence-corrected chi connectivity index (χ1v) is 9.90. The Bertz CT molecular complexity index is 775. The number of hydrogen-bond donors (Lipinski definition) is 0. The SMILES string of the molecule is CCC(CC)n1cc(Cl)nc(N(CC)c2ccc(Br)cc2Br)c1=O. The van der Waals surface area contributed by atoms with Crippen LogP contribution >= 0.6 is 43.5 Å². The van der Waals surface area contributed by atoms with E-state index in [1.165, 1.54) is 0 Å². The molecule has 0 amide bonds. The highest BCUT2D eigenvalue weighted by Crippen LogP contribution is 2.32. The number of anilines is 2. The predicted molar refractivity (Wildman–Crippen MR) is 108 cm³/mol. The maximum atomic E-state index is 13.0. The van der Waals surface area contributed by atoms with Gasteiger partial charge in [-0.3, -0.25) is 4.79 Å². The molecule has 130 valence electrons. The molecule has 4 nitrogen and oxygen atoms in total. The molecule has 0 saturated carbocycles. The smallest absolute Gasteiger partial charge is 0.294 e. The molecule has 1 aromatic heterocycles. The normalized spacial score (nSPS) is 11.1. The van der Waals surface area contributed by atoms with Crippen molar-refractivity contribution in [3.63, 3.8) is 0 Å². The Morgan fingerprint density at radius 2 is 1.92 bits per heavy atom. The molecule has 24 heavy (non-hydrogen) atoms. The minimum Gasteiger partial charge on any atom is -0.321 e. The molecule has 0 aliphatic heterocycles. The van der Waals surface area contributed by atoms with Crippen LogP contribution in [0.2, 0.25) is 5.15 Å². The van der Waals surface area contributed by atoms with Gasteiger partial charge in [0.05, 0.1) is 5.69 Å². The Balaban J connectivity index is 2.62. The van der Waals surface area contributed by atoms with E-state index >= 15 is 0 Å². The second kappa shape index (κ2) is 8.50. The monoisotopic (exact) mass is 475 g/mol. The van der Waals surface area contributed by atoms with Gasteiger partial charge in [-0.1, -0.05) is 41.4 Å². The van der Waals surface area contributed by atoms with Gasteiger partial charge in [0, 0.05) is 27.7 Å². The fraction of sp³-hybridized carbons (Fsp3) is 0.412. The van der Waals surface area contributed by atoms with Gasteiger partial charge in [0.15, 0.2) is 0 Å². The highest BCUT2D eigenvalue weighted by molar-refractivity contribution is 9.11. The van der Waals surface area contributed by atoms with Gasteiger partial charge in [0.2, 0.25) is 5.82 Å². The van der Waals surface area contributed by atoms with Gasteiger partial charge in [-0.15, -0.1) is 0 Å². The third-order valence-corrected chi connectivity index (χ3v) is 5.30. The lowest BCUT2D eigenvalue weighted by Gasteiger charge is -2.25. The van der Waals surface area contributed by atoms with Gasteiger partial charge in [0.1, 0.15) is 5.15 Å². The maximum Gasteiger partial charge on any atom is 0.294 e. The summed E-state index contributed by atoms with van der Waals surface area (Å²) in [5.41, 5.74) is 0.758. The summed E-state index contributed by atoms with van der Waals surface area (Å²) in [5, 5.41) is 0.322. The van der Waals surface area contributed by atoms with Gasteiger partial charge in [-0.25, -0.2) is 4.98 Å². The summed E-state index contributed by atoms with van der Waals surface area (Å²) in [4.78, 5) is 19.2. The summed E-state index contributed by atoms with van der Waals surface area (Å²) in [7, 11) is 0.